The maximum atomic E-state index is 13.4. The van der Waals surface area contributed by atoms with Crippen molar-refractivity contribution in [3.63, 3.8) is 0 Å². The van der Waals surface area contributed by atoms with E-state index >= 15 is 0 Å². The molecular formula is C25H19N3O5S. The lowest BCUT2D eigenvalue weighted by atomic mass is 9.87. The number of nitrogens with zero attached hydrogens (tertiary/aromatic N) is 3. The van der Waals surface area contributed by atoms with Gasteiger partial charge in [0, 0.05) is 40.7 Å². The first-order valence-corrected chi connectivity index (χ1v) is 12.3. The number of ether oxygens (including phenoxy) is 1. The van der Waals surface area contributed by atoms with Crippen molar-refractivity contribution in [3.05, 3.63) is 83.4 Å². The number of morpholine rings is 1. The van der Waals surface area contributed by atoms with Crippen LogP contribution in [0.15, 0.2) is 71.6 Å². The Labute approximate surface area is 195 Å². The number of benzene rings is 3. The van der Waals surface area contributed by atoms with Gasteiger partial charge in [-0.15, -0.1) is 0 Å². The van der Waals surface area contributed by atoms with E-state index in [1.165, 1.54) is 33.3 Å². The summed E-state index contributed by atoms with van der Waals surface area (Å²) < 4.78 is 33.7. The number of aromatic nitrogens is 2. The number of carbonyl (C=O) groups is 2. The van der Waals surface area contributed by atoms with E-state index in [1.54, 1.807) is 30.3 Å². The van der Waals surface area contributed by atoms with Crippen LogP contribution in [0.3, 0.4) is 0 Å². The van der Waals surface area contributed by atoms with Gasteiger partial charge < -0.3 is 4.74 Å². The lowest BCUT2D eigenvalue weighted by molar-refractivity contribution is 0.0730. The Kier molecular flexibility index (Phi) is 4.73. The second-order valence-electron chi connectivity index (χ2n) is 8.18. The van der Waals surface area contributed by atoms with E-state index in [-0.39, 0.29) is 10.7 Å². The van der Waals surface area contributed by atoms with Gasteiger partial charge in [-0.1, -0.05) is 36.4 Å². The number of ketones is 1. The molecule has 2 heterocycles. The van der Waals surface area contributed by atoms with Gasteiger partial charge in [-0.05, 0) is 30.3 Å². The average Bonchev–Trinajstić information content (AvgIpc) is 3.28. The van der Waals surface area contributed by atoms with Crippen LogP contribution in [0.2, 0.25) is 0 Å². The fourth-order valence-corrected chi connectivity index (χ4v) is 5.97. The molecule has 170 valence electrons. The molecule has 9 heteroatoms. The molecule has 0 radical (unpaired) electrons. The maximum absolute atomic E-state index is 13.4. The molecule has 0 spiro atoms. The van der Waals surface area contributed by atoms with Crippen LogP contribution in [-0.2, 0) is 14.8 Å². The van der Waals surface area contributed by atoms with Gasteiger partial charge in [0.25, 0.3) is 5.91 Å². The lowest BCUT2D eigenvalue weighted by Crippen LogP contribution is -2.40. The predicted octanol–water partition coefficient (Wildman–Crippen LogP) is 2.96. The second kappa shape index (κ2) is 7.69. The monoisotopic (exact) mass is 473 g/mol. The predicted molar refractivity (Wildman–Crippen MR) is 124 cm³/mol. The number of hydrogen-bond donors (Lipinski definition) is 0. The molecular weight excluding hydrogens is 454 g/mol. The number of fused-ring (bicyclic) bond motifs is 2. The molecule has 0 bridgehead atoms. The first-order chi connectivity index (χ1) is 16.5. The zero-order valence-corrected chi connectivity index (χ0v) is 18.8. The number of hydrogen-bond acceptors (Lipinski definition) is 6. The van der Waals surface area contributed by atoms with Crippen LogP contribution in [0.4, 0.5) is 0 Å². The van der Waals surface area contributed by atoms with E-state index in [0.29, 0.717) is 65.2 Å². The van der Waals surface area contributed by atoms with Gasteiger partial charge in [0.05, 0.1) is 23.6 Å². The van der Waals surface area contributed by atoms with E-state index in [4.69, 9.17) is 4.74 Å². The smallest absolute Gasteiger partial charge is 0.278 e. The minimum absolute atomic E-state index is 0.0987. The van der Waals surface area contributed by atoms with Gasteiger partial charge in [0.2, 0.25) is 10.0 Å². The fourth-order valence-electron chi connectivity index (χ4n) is 4.56. The molecule has 3 aromatic carbocycles. The van der Waals surface area contributed by atoms with Crippen molar-refractivity contribution in [1.29, 1.82) is 0 Å². The standard InChI is InChI=1S/C25H19N3O5S/c29-24-19-5-2-1-4-18(19)23-22-20(24)6-3-7-21(22)28(26-23)25(30)16-8-10-17(11-9-16)34(31,32)27-12-14-33-15-13-27/h1-11H,12-15H2. The third kappa shape index (κ3) is 3.05. The van der Waals surface area contributed by atoms with E-state index < -0.39 is 15.9 Å². The first-order valence-electron chi connectivity index (χ1n) is 10.9. The van der Waals surface area contributed by atoms with E-state index in [2.05, 4.69) is 5.10 Å². The Bertz CT molecular complexity index is 1580. The van der Waals surface area contributed by atoms with Gasteiger partial charge in [0.15, 0.2) is 5.78 Å². The molecule has 0 amide bonds. The molecule has 4 aromatic rings. The van der Waals surface area contributed by atoms with Crippen LogP contribution in [-0.4, -0.2) is 60.5 Å². The highest BCUT2D eigenvalue weighted by Crippen LogP contribution is 2.38. The average molecular weight is 474 g/mol. The van der Waals surface area contributed by atoms with Crippen molar-refractivity contribution in [2.75, 3.05) is 26.3 Å². The summed E-state index contributed by atoms with van der Waals surface area (Å²) in [6.45, 7) is 1.32. The SMILES string of the molecule is O=C1c2ccccc2-c2nn(C(=O)c3ccc(S(=O)(=O)N4CCOCC4)cc3)c3cccc1c23. The van der Waals surface area contributed by atoms with Crippen LogP contribution < -0.4 is 0 Å². The molecule has 0 saturated carbocycles. The highest BCUT2D eigenvalue weighted by molar-refractivity contribution is 7.89. The van der Waals surface area contributed by atoms with Crippen LogP contribution in [0, 0.1) is 0 Å². The fraction of sp³-hybridized carbons (Fsp3) is 0.160. The quantitative estimate of drug-likeness (QED) is 0.400. The molecule has 1 aliphatic heterocycles. The Morgan fingerprint density at radius 2 is 1.53 bits per heavy atom. The van der Waals surface area contributed by atoms with Gasteiger partial charge in [0.1, 0.15) is 5.69 Å². The van der Waals surface area contributed by atoms with Gasteiger partial charge in [-0.2, -0.15) is 14.1 Å². The zero-order valence-electron chi connectivity index (χ0n) is 18.0. The molecule has 2 aliphatic rings. The van der Waals surface area contributed by atoms with Gasteiger partial charge >= 0.3 is 0 Å². The van der Waals surface area contributed by atoms with Crippen LogP contribution >= 0.6 is 0 Å². The summed E-state index contributed by atoms with van der Waals surface area (Å²) in [5, 5.41) is 5.24. The van der Waals surface area contributed by atoms with Crippen molar-refractivity contribution in [3.8, 4) is 11.3 Å². The van der Waals surface area contributed by atoms with Crippen molar-refractivity contribution < 1.29 is 22.7 Å². The highest BCUT2D eigenvalue weighted by Gasteiger charge is 2.30. The summed E-state index contributed by atoms with van der Waals surface area (Å²) in [5.74, 6) is -0.506. The van der Waals surface area contributed by atoms with E-state index in [9.17, 15) is 18.0 Å². The molecule has 8 nitrogen and oxygen atoms in total. The largest absolute Gasteiger partial charge is 0.379 e. The summed E-state index contributed by atoms with van der Waals surface area (Å²) in [6.07, 6.45) is 0. The Balaban J connectivity index is 1.41. The van der Waals surface area contributed by atoms with Crippen molar-refractivity contribution in [2.45, 2.75) is 4.90 Å². The molecule has 0 unspecified atom stereocenters. The number of carbonyl (C=O) groups excluding carboxylic acids is 2. The molecule has 0 atom stereocenters. The summed E-state index contributed by atoms with van der Waals surface area (Å²) in [7, 11) is -3.66. The topological polar surface area (TPSA) is 98.6 Å². The normalized spacial score (nSPS) is 15.9. The van der Waals surface area contributed by atoms with Crippen LogP contribution in [0.1, 0.15) is 26.3 Å². The van der Waals surface area contributed by atoms with Crippen molar-refractivity contribution >= 4 is 32.6 Å². The maximum Gasteiger partial charge on any atom is 0.278 e. The van der Waals surface area contributed by atoms with Crippen LogP contribution in [0.5, 0.6) is 0 Å². The van der Waals surface area contributed by atoms with Crippen LogP contribution in [0.25, 0.3) is 22.2 Å². The summed E-state index contributed by atoms with van der Waals surface area (Å²) in [6, 6.07) is 18.3. The molecule has 1 saturated heterocycles. The summed E-state index contributed by atoms with van der Waals surface area (Å²) >= 11 is 0. The third-order valence-electron chi connectivity index (χ3n) is 6.28. The Morgan fingerprint density at radius 1 is 0.853 bits per heavy atom. The third-order valence-corrected chi connectivity index (χ3v) is 8.19. The molecule has 0 N–H and O–H groups in total. The molecule has 6 rings (SSSR count). The lowest BCUT2D eigenvalue weighted by Gasteiger charge is -2.26. The number of rotatable bonds is 3. The summed E-state index contributed by atoms with van der Waals surface area (Å²) in [4.78, 5) is 26.6. The first kappa shape index (κ1) is 20.9. The summed E-state index contributed by atoms with van der Waals surface area (Å²) in [5.41, 5.74) is 3.16. The second-order valence-corrected chi connectivity index (χ2v) is 10.1. The van der Waals surface area contributed by atoms with Gasteiger partial charge in [-0.25, -0.2) is 8.42 Å². The minimum atomic E-state index is -3.66. The van der Waals surface area contributed by atoms with Crippen molar-refractivity contribution in [1.82, 2.24) is 14.1 Å². The van der Waals surface area contributed by atoms with E-state index in [1.807, 2.05) is 12.1 Å². The minimum Gasteiger partial charge on any atom is -0.379 e. The molecule has 1 aromatic heterocycles. The molecule has 34 heavy (non-hydrogen) atoms. The highest BCUT2D eigenvalue weighted by atomic mass is 32.2. The molecule has 1 fully saturated rings. The van der Waals surface area contributed by atoms with Crippen molar-refractivity contribution in [2.24, 2.45) is 0 Å². The van der Waals surface area contributed by atoms with Gasteiger partial charge in [-0.3, -0.25) is 9.59 Å². The Hall–Kier alpha value is -3.66. The van der Waals surface area contributed by atoms with E-state index in [0.717, 1.165) is 0 Å². The number of sulfonamides is 1. The molecule has 1 aliphatic carbocycles. The zero-order chi connectivity index (χ0) is 23.4. The Morgan fingerprint density at radius 3 is 2.26 bits per heavy atom.